The Morgan fingerprint density at radius 1 is 1.00 bits per heavy atom. The van der Waals surface area contributed by atoms with Gasteiger partial charge in [0.25, 0.3) is 0 Å². The largest absolute Gasteiger partial charge is 0.444 e. The zero-order valence-corrected chi connectivity index (χ0v) is 15.5. The molecule has 3 aliphatic heterocycles. The van der Waals surface area contributed by atoms with E-state index in [4.69, 9.17) is 14.2 Å². The van der Waals surface area contributed by atoms with Gasteiger partial charge in [0.15, 0.2) is 6.29 Å². The molecule has 142 valence electrons. The molecule has 0 aromatic heterocycles. The van der Waals surface area contributed by atoms with Crippen LogP contribution in [0.2, 0.25) is 0 Å². The van der Waals surface area contributed by atoms with Crippen molar-refractivity contribution in [3.8, 4) is 0 Å². The van der Waals surface area contributed by atoms with Gasteiger partial charge in [0, 0.05) is 25.6 Å². The molecule has 3 fully saturated rings. The standard InChI is InChI=1S/C18H30N2O5/c1-18(2,3)25-17(22)20-8-4-5-14(20)15(21)19-9-6-13(7-10-19)16-23-11-12-24-16/h13-14,16H,4-12H2,1-3H3. The fourth-order valence-electron chi connectivity index (χ4n) is 3.81. The Morgan fingerprint density at radius 3 is 2.24 bits per heavy atom. The Hall–Kier alpha value is -1.34. The molecule has 3 saturated heterocycles. The average Bonchev–Trinajstić information content (AvgIpc) is 3.24. The third-order valence-electron chi connectivity index (χ3n) is 5.05. The van der Waals surface area contributed by atoms with Gasteiger partial charge in [-0.05, 0) is 46.5 Å². The van der Waals surface area contributed by atoms with Crippen molar-refractivity contribution in [3.63, 3.8) is 0 Å². The Balaban J connectivity index is 1.54. The number of likely N-dealkylation sites (tertiary alicyclic amines) is 2. The summed E-state index contributed by atoms with van der Waals surface area (Å²) in [5.74, 6) is 0.409. The molecule has 0 aromatic carbocycles. The summed E-state index contributed by atoms with van der Waals surface area (Å²) in [4.78, 5) is 28.8. The number of carbonyl (C=O) groups is 2. The summed E-state index contributed by atoms with van der Waals surface area (Å²) in [5.41, 5.74) is -0.549. The summed E-state index contributed by atoms with van der Waals surface area (Å²) in [6.07, 6.45) is 2.83. The third-order valence-corrected chi connectivity index (χ3v) is 5.05. The van der Waals surface area contributed by atoms with E-state index in [1.165, 1.54) is 0 Å². The molecule has 0 spiro atoms. The van der Waals surface area contributed by atoms with Gasteiger partial charge in [-0.1, -0.05) is 0 Å². The summed E-state index contributed by atoms with van der Waals surface area (Å²) in [5, 5.41) is 0. The average molecular weight is 354 g/mol. The molecule has 7 nitrogen and oxygen atoms in total. The van der Waals surface area contributed by atoms with Gasteiger partial charge in [-0.2, -0.15) is 0 Å². The fraction of sp³-hybridized carbons (Fsp3) is 0.889. The summed E-state index contributed by atoms with van der Waals surface area (Å²) in [6, 6.07) is -0.384. The molecular formula is C18H30N2O5. The van der Waals surface area contributed by atoms with E-state index < -0.39 is 5.60 Å². The minimum absolute atomic E-state index is 0.0510. The highest BCUT2D eigenvalue weighted by Gasteiger charge is 2.40. The van der Waals surface area contributed by atoms with Crippen LogP contribution in [0.4, 0.5) is 4.79 Å². The van der Waals surface area contributed by atoms with Crippen LogP contribution in [0.15, 0.2) is 0 Å². The van der Waals surface area contributed by atoms with E-state index >= 15 is 0 Å². The first-order valence-electron chi connectivity index (χ1n) is 9.37. The molecule has 0 N–H and O–H groups in total. The van der Waals surface area contributed by atoms with Crippen LogP contribution in [-0.4, -0.2) is 72.6 Å². The molecule has 3 rings (SSSR count). The summed E-state index contributed by atoms with van der Waals surface area (Å²) in [6.45, 7) is 8.84. The summed E-state index contributed by atoms with van der Waals surface area (Å²) in [7, 11) is 0. The fourth-order valence-corrected chi connectivity index (χ4v) is 3.81. The molecule has 1 unspecified atom stereocenters. The zero-order valence-electron chi connectivity index (χ0n) is 15.5. The number of ether oxygens (including phenoxy) is 3. The van der Waals surface area contributed by atoms with E-state index in [9.17, 15) is 9.59 Å². The summed E-state index contributed by atoms with van der Waals surface area (Å²) >= 11 is 0. The van der Waals surface area contributed by atoms with Crippen LogP contribution < -0.4 is 0 Å². The van der Waals surface area contributed by atoms with Gasteiger partial charge in [-0.3, -0.25) is 9.69 Å². The van der Waals surface area contributed by atoms with Crippen molar-refractivity contribution >= 4 is 12.0 Å². The normalized spacial score (nSPS) is 26.3. The number of rotatable bonds is 2. The molecule has 25 heavy (non-hydrogen) atoms. The zero-order chi connectivity index (χ0) is 18.0. The second-order valence-electron chi connectivity index (χ2n) is 8.10. The van der Waals surface area contributed by atoms with Crippen molar-refractivity contribution in [2.75, 3.05) is 32.8 Å². The highest BCUT2D eigenvalue weighted by Crippen LogP contribution is 2.28. The van der Waals surface area contributed by atoms with E-state index in [1.807, 2.05) is 25.7 Å². The van der Waals surface area contributed by atoms with Gasteiger partial charge in [-0.25, -0.2) is 4.79 Å². The van der Waals surface area contributed by atoms with Crippen LogP contribution in [0.1, 0.15) is 46.5 Å². The third kappa shape index (κ3) is 4.44. The quantitative estimate of drug-likeness (QED) is 0.759. The van der Waals surface area contributed by atoms with Crippen LogP contribution in [-0.2, 0) is 19.0 Å². The second kappa shape index (κ2) is 7.50. The van der Waals surface area contributed by atoms with Crippen molar-refractivity contribution in [2.45, 2.75) is 64.4 Å². The minimum atomic E-state index is -0.549. The first-order chi connectivity index (χ1) is 11.8. The molecule has 3 heterocycles. The number of hydrogen-bond acceptors (Lipinski definition) is 5. The number of carbonyl (C=O) groups excluding carboxylic acids is 2. The molecule has 0 aromatic rings. The first-order valence-corrected chi connectivity index (χ1v) is 9.37. The minimum Gasteiger partial charge on any atom is -0.444 e. The molecule has 0 bridgehead atoms. The van der Waals surface area contributed by atoms with Gasteiger partial charge >= 0.3 is 6.09 Å². The van der Waals surface area contributed by atoms with Crippen LogP contribution in [0.5, 0.6) is 0 Å². The first kappa shape index (κ1) is 18.5. The predicted octanol–water partition coefficient (Wildman–Crippen LogP) is 2.00. The lowest BCUT2D eigenvalue weighted by Crippen LogP contribution is -2.51. The number of hydrogen-bond donors (Lipinski definition) is 0. The predicted molar refractivity (Wildman–Crippen MR) is 91.0 cm³/mol. The van der Waals surface area contributed by atoms with Gasteiger partial charge in [0.2, 0.25) is 5.91 Å². The van der Waals surface area contributed by atoms with Gasteiger partial charge in [0.1, 0.15) is 11.6 Å². The Kier molecular flexibility index (Phi) is 5.53. The van der Waals surface area contributed by atoms with E-state index in [1.54, 1.807) is 4.90 Å². The highest BCUT2D eigenvalue weighted by atomic mass is 16.7. The SMILES string of the molecule is CC(C)(C)OC(=O)N1CCCC1C(=O)N1CCC(C2OCCO2)CC1. The van der Waals surface area contributed by atoms with Gasteiger partial charge < -0.3 is 19.1 Å². The maximum Gasteiger partial charge on any atom is 0.410 e. The second-order valence-corrected chi connectivity index (χ2v) is 8.10. The van der Waals surface area contributed by atoms with E-state index in [2.05, 4.69) is 0 Å². The van der Waals surface area contributed by atoms with Crippen LogP contribution in [0, 0.1) is 5.92 Å². The van der Waals surface area contributed by atoms with Gasteiger partial charge in [-0.15, -0.1) is 0 Å². The molecule has 1 atom stereocenters. The molecule has 0 radical (unpaired) electrons. The van der Waals surface area contributed by atoms with Crippen LogP contribution in [0.3, 0.4) is 0 Å². The van der Waals surface area contributed by atoms with Crippen LogP contribution >= 0.6 is 0 Å². The van der Waals surface area contributed by atoms with Crippen molar-refractivity contribution in [1.82, 2.24) is 9.80 Å². The Morgan fingerprint density at radius 2 is 1.64 bits per heavy atom. The molecule has 3 aliphatic rings. The molecule has 7 heteroatoms. The molecule has 2 amide bonds. The lowest BCUT2D eigenvalue weighted by molar-refractivity contribution is -0.141. The highest BCUT2D eigenvalue weighted by molar-refractivity contribution is 5.86. The number of amides is 2. The lowest BCUT2D eigenvalue weighted by atomic mass is 9.95. The maximum atomic E-state index is 12.9. The lowest BCUT2D eigenvalue weighted by Gasteiger charge is -2.36. The van der Waals surface area contributed by atoms with Gasteiger partial charge in [0.05, 0.1) is 13.2 Å². The van der Waals surface area contributed by atoms with E-state index in [0.717, 1.165) is 19.3 Å². The maximum absolute atomic E-state index is 12.9. The van der Waals surface area contributed by atoms with Crippen molar-refractivity contribution in [2.24, 2.45) is 5.92 Å². The van der Waals surface area contributed by atoms with Crippen molar-refractivity contribution in [1.29, 1.82) is 0 Å². The smallest absolute Gasteiger partial charge is 0.410 e. The Labute approximate surface area is 149 Å². The topological polar surface area (TPSA) is 68.3 Å². The molecule has 0 saturated carbocycles. The molecule has 0 aliphatic carbocycles. The van der Waals surface area contributed by atoms with E-state index in [-0.39, 0.29) is 24.3 Å². The summed E-state index contributed by atoms with van der Waals surface area (Å²) < 4.78 is 16.6. The van der Waals surface area contributed by atoms with Crippen molar-refractivity contribution < 1.29 is 23.8 Å². The number of nitrogens with zero attached hydrogens (tertiary/aromatic N) is 2. The monoisotopic (exact) mass is 354 g/mol. The Bertz CT molecular complexity index is 490. The number of piperidine rings is 1. The molecular weight excluding hydrogens is 324 g/mol. The van der Waals surface area contributed by atoms with Crippen LogP contribution in [0.25, 0.3) is 0 Å². The van der Waals surface area contributed by atoms with Crippen molar-refractivity contribution in [3.05, 3.63) is 0 Å². The van der Waals surface area contributed by atoms with E-state index in [0.29, 0.717) is 45.2 Å².